The highest BCUT2D eigenvalue weighted by molar-refractivity contribution is 5.97. The molecular formula is C21H32N6O2. The van der Waals surface area contributed by atoms with E-state index in [2.05, 4.69) is 22.2 Å². The van der Waals surface area contributed by atoms with Crippen LogP contribution in [0, 0.1) is 23.4 Å². The molecule has 2 saturated carbocycles. The van der Waals surface area contributed by atoms with Crippen molar-refractivity contribution >= 4 is 12.0 Å². The van der Waals surface area contributed by atoms with Crippen LogP contribution in [-0.4, -0.2) is 29.1 Å². The van der Waals surface area contributed by atoms with Crippen molar-refractivity contribution < 1.29 is 9.53 Å². The molecule has 158 valence electrons. The van der Waals surface area contributed by atoms with Crippen molar-refractivity contribution in [2.45, 2.75) is 76.9 Å². The Kier molecular flexibility index (Phi) is 7.15. The van der Waals surface area contributed by atoms with Gasteiger partial charge < -0.3 is 15.4 Å². The van der Waals surface area contributed by atoms with Gasteiger partial charge in [0.2, 0.25) is 5.96 Å². The fourth-order valence-electron chi connectivity index (χ4n) is 4.69. The molecule has 8 heteroatoms. The molecule has 29 heavy (non-hydrogen) atoms. The fraction of sp³-hybridized carbons (Fsp3) is 0.667. The number of aliphatic imine (C=N–C) groups is 1. The Morgan fingerprint density at radius 2 is 1.93 bits per heavy atom. The molecule has 0 radical (unpaired) electrons. The Morgan fingerprint density at radius 3 is 2.52 bits per heavy atom. The minimum Gasteiger partial charge on any atom is -0.424 e. The predicted octanol–water partition coefficient (Wildman–Crippen LogP) is 3.25. The van der Waals surface area contributed by atoms with Gasteiger partial charge in [-0.2, -0.15) is 10.3 Å². The minimum absolute atomic E-state index is 0.126. The van der Waals surface area contributed by atoms with Gasteiger partial charge in [-0.05, 0) is 82.6 Å². The van der Waals surface area contributed by atoms with Crippen LogP contribution in [0.4, 0.5) is 4.79 Å². The average Bonchev–Trinajstić information content (AvgIpc) is 2.70. The summed E-state index contributed by atoms with van der Waals surface area (Å²) in [7, 11) is 0. The van der Waals surface area contributed by atoms with Crippen LogP contribution in [0.15, 0.2) is 29.0 Å². The van der Waals surface area contributed by atoms with E-state index >= 15 is 0 Å². The summed E-state index contributed by atoms with van der Waals surface area (Å²) in [5, 5.41) is 15.6. The van der Waals surface area contributed by atoms with E-state index in [1.807, 2.05) is 13.2 Å². The van der Waals surface area contributed by atoms with Gasteiger partial charge in [0.1, 0.15) is 6.10 Å². The third-order valence-electron chi connectivity index (χ3n) is 6.24. The number of rotatable bonds is 4. The van der Waals surface area contributed by atoms with E-state index in [1.165, 1.54) is 6.42 Å². The summed E-state index contributed by atoms with van der Waals surface area (Å²) < 4.78 is 5.08. The summed E-state index contributed by atoms with van der Waals surface area (Å²) in [5.74, 6) is 7.69. The normalized spacial score (nSPS) is 29.6. The van der Waals surface area contributed by atoms with Gasteiger partial charge in [-0.3, -0.25) is 0 Å². The molecule has 0 saturated heterocycles. The molecule has 1 heterocycles. The monoisotopic (exact) mass is 400 g/mol. The van der Waals surface area contributed by atoms with Crippen LogP contribution in [0.2, 0.25) is 0 Å². The lowest BCUT2D eigenvalue weighted by molar-refractivity contribution is 0.0911. The number of hydrogen-bond donors (Lipinski definition) is 3. The van der Waals surface area contributed by atoms with Gasteiger partial charge in [-0.1, -0.05) is 6.58 Å². The zero-order valence-corrected chi connectivity index (χ0v) is 17.2. The molecule has 3 aliphatic rings. The quantitative estimate of drug-likeness (QED) is 0.290. The van der Waals surface area contributed by atoms with E-state index in [-0.39, 0.29) is 24.1 Å². The fourth-order valence-corrected chi connectivity index (χ4v) is 4.69. The second-order valence-corrected chi connectivity index (χ2v) is 8.50. The van der Waals surface area contributed by atoms with Crippen molar-refractivity contribution in [1.29, 1.82) is 5.26 Å². The number of guanidine groups is 1. The summed E-state index contributed by atoms with van der Waals surface area (Å²) in [6.45, 7) is 5.67. The number of nitriles is 1. The SMILES string of the molecule is C=C1C=C(C)N=C(N(N)C(=O)NC2CCC(CC3CCC(OC#N)CC3)CC2)N1. The Morgan fingerprint density at radius 1 is 1.31 bits per heavy atom. The number of nitrogens with one attached hydrogen (secondary N) is 2. The van der Waals surface area contributed by atoms with E-state index in [4.69, 9.17) is 15.8 Å². The highest BCUT2D eigenvalue weighted by Gasteiger charge is 2.29. The average molecular weight is 401 g/mol. The Balaban J connectivity index is 1.39. The summed E-state index contributed by atoms with van der Waals surface area (Å²) >= 11 is 0. The lowest BCUT2D eigenvalue weighted by Gasteiger charge is -2.34. The van der Waals surface area contributed by atoms with Crippen molar-refractivity contribution in [1.82, 2.24) is 15.6 Å². The number of hydrazine groups is 1. The molecule has 0 bridgehead atoms. The molecule has 2 amide bonds. The zero-order chi connectivity index (χ0) is 20.8. The van der Waals surface area contributed by atoms with Crippen molar-refractivity contribution in [2.75, 3.05) is 0 Å². The molecular weight excluding hydrogens is 368 g/mol. The molecule has 4 N–H and O–H groups in total. The number of urea groups is 1. The van der Waals surface area contributed by atoms with Crippen LogP contribution in [-0.2, 0) is 4.74 Å². The molecule has 2 fully saturated rings. The van der Waals surface area contributed by atoms with E-state index in [0.29, 0.717) is 5.70 Å². The van der Waals surface area contributed by atoms with Crippen LogP contribution in [0.3, 0.4) is 0 Å². The molecule has 3 rings (SSSR count). The topological polar surface area (TPSA) is 116 Å². The van der Waals surface area contributed by atoms with Crippen molar-refractivity contribution in [3.05, 3.63) is 24.0 Å². The standard InChI is InChI=1S/C21H32N6O2/c1-14-11-15(2)25-20(24-14)27(23)21(28)26-18-7-3-16(4-8-18)12-17-5-9-19(10-6-17)29-13-22/h11,16-19H,1,3-10,12,23H2,2H3,(H,24,25)(H,26,28). The number of amides is 2. The highest BCUT2D eigenvalue weighted by Crippen LogP contribution is 2.36. The number of nitrogens with zero attached hydrogens (tertiary/aromatic N) is 3. The van der Waals surface area contributed by atoms with Gasteiger partial charge in [0, 0.05) is 17.4 Å². The van der Waals surface area contributed by atoms with E-state index in [1.54, 1.807) is 6.08 Å². The van der Waals surface area contributed by atoms with Gasteiger partial charge in [-0.25, -0.2) is 15.6 Å². The van der Waals surface area contributed by atoms with E-state index in [9.17, 15) is 4.79 Å². The number of allylic oxidation sites excluding steroid dienone is 2. The highest BCUT2D eigenvalue weighted by atomic mass is 16.5. The summed E-state index contributed by atoms with van der Waals surface area (Å²) in [5.41, 5.74) is 1.41. The van der Waals surface area contributed by atoms with Crippen molar-refractivity contribution in [3.8, 4) is 6.26 Å². The maximum Gasteiger partial charge on any atom is 0.339 e. The van der Waals surface area contributed by atoms with Crippen LogP contribution < -0.4 is 16.5 Å². The third-order valence-corrected chi connectivity index (χ3v) is 6.24. The third kappa shape index (κ3) is 5.97. The van der Waals surface area contributed by atoms with E-state index < -0.39 is 0 Å². The Labute approximate surface area is 172 Å². The summed E-state index contributed by atoms with van der Waals surface area (Å²) in [6, 6.07) is -0.202. The van der Waals surface area contributed by atoms with Gasteiger partial charge in [0.15, 0.2) is 0 Å². The van der Waals surface area contributed by atoms with Crippen LogP contribution in [0.25, 0.3) is 0 Å². The first-order valence-corrected chi connectivity index (χ1v) is 10.6. The largest absolute Gasteiger partial charge is 0.424 e. The van der Waals surface area contributed by atoms with Crippen molar-refractivity contribution in [3.63, 3.8) is 0 Å². The lowest BCUT2D eigenvalue weighted by atomic mass is 9.76. The van der Waals surface area contributed by atoms with Crippen LogP contribution >= 0.6 is 0 Å². The smallest absolute Gasteiger partial charge is 0.339 e. The molecule has 0 unspecified atom stereocenters. The molecule has 8 nitrogen and oxygen atoms in total. The van der Waals surface area contributed by atoms with Crippen LogP contribution in [0.5, 0.6) is 0 Å². The van der Waals surface area contributed by atoms with Gasteiger partial charge in [-0.15, -0.1) is 0 Å². The molecule has 0 aromatic rings. The molecule has 0 aromatic heterocycles. The minimum atomic E-state index is -0.349. The number of hydrogen-bond acceptors (Lipinski definition) is 6. The number of carbonyl (C=O) groups excluding carboxylic acids is 1. The molecule has 0 spiro atoms. The van der Waals surface area contributed by atoms with Crippen LogP contribution in [0.1, 0.15) is 64.7 Å². The van der Waals surface area contributed by atoms with E-state index in [0.717, 1.165) is 73.9 Å². The number of carbonyl (C=O) groups is 1. The summed E-state index contributed by atoms with van der Waals surface area (Å²) in [6.07, 6.45) is 13.5. The van der Waals surface area contributed by atoms with Gasteiger partial charge >= 0.3 is 6.03 Å². The van der Waals surface area contributed by atoms with Gasteiger partial charge in [0.05, 0.1) is 0 Å². The first-order chi connectivity index (χ1) is 13.9. The second-order valence-electron chi connectivity index (χ2n) is 8.50. The first-order valence-electron chi connectivity index (χ1n) is 10.6. The van der Waals surface area contributed by atoms with Gasteiger partial charge in [0.25, 0.3) is 6.26 Å². The maximum atomic E-state index is 12.5. The maximum absolute atomic E-state index is 12.5. The predicted molar refractivity (Wildman–Crippen MR) is 111 cm³/mol. The Bertz CT molecular complexity index is 709. The molecule has 0 aromatic carbocycles. The molecule has 2 aliphatic carbocycles. The first kappa shape index (κ1) is 21.2. The Hall–Kier alpha value is -2.53. The lowest BCUT2D eigenvalue weighted by Crippen LogP contribution is -2.55. The number of nitrogens with two attached hydrogens (primary N) is 1. The second kappa shape index (κ2) is 9.79. The molecule has 1 aliphatic heterocycles. The number of ether oxygens (including phenoxy) is 1. The molecule has 0 atom stereocenters. The van der Waals surface area contributed by atoms with Crippen molar-refractivity contribution in [2.24, 2.45) is 22.7 Å². The zero-order valence-electron chi connectivity index (χ0n) is 17.2. The summed E-state index contributed by atoms with van der Waals surface area (Å²) in [4.78, 5) is 16.8.